The molecule has 0 aliphatic carbocycles. The average molecular weight is 959 g/mol. The highest BCUT2D eigenvalue weighted by Gasteiger charge is 2.45. The zero-order valence-corrected chi connectivity index (χ0v) is 40.5. The number of methoxy groups -OCH3 is 1. The maximum absolute atomic E-state index is 15.0. The van der Waals surface area contributed by atoms with E-state index in [0.29, 0.717) is 52.2 Å². The van der Waals surface area contributed by atoms with Crippen molar-refractivity contribution in [1.29, 1.82) is 0 Å². The summed E-state index contributed by atoms with van der Waals surface area (Å²) in [5, 5.41) is 25.4. The van der Waals surface area contributed by atoms with Crippen molar-refractivity contribution < 1.29 is 42.2 Å². The molecule has 0 saturated carbocycles. The maximum Gasteiger partial charge on any atom is 0.326 e. The second-order valence-corrected chi connectivity index (χ2v) is 21.6. The van der Waals surface area contributed by atoms with E-state index in [-0.39, 0.29) is 49.8 Å². The third-order valence-electron chi connectivity index (χ3n) is 12.3. The van der Waals surface area contributed by atoms with Crippen LogP contribution in [0.1, 0.15) is 91.5 Å². The lowest BCUT2D eigenvalue weighted by Crippen LogP contribution is -2.59. The van der Waals surface area contributed by atoms with Gasteiger partial charge in [-0.1, -0.05) is 64.0 Å². The number of aliphatic carboxylic acids is 1. The van der Waals surface area contributed by atoms with Gasteiger partial charge in [0.2, 0.25) is 21.8 Å². The van der Waals surface area contributed by atoms with Gasteiger partial charge in [0.05, 0.1) is 29.8 Å². The minimum absolute atomic E-state index is 0.00511. The molecule has 4 amide bonds. The first-order valence-electron chi connectivity index (χ1n) is 22.9. The van der Waals surface area contributed by atoms with Crippen molar-refractivity contribution in [3.8, 4) is 22.9 Å². The number of carbonyl (C=O) groups excluding carboxylic acids is 3. The number of allylic oxidation sites excluding steroid dienone is 2. The maximum atomic E-state index is 15.0. The molecule has 19 heteroatoms. The first-order valence-corrected chi connectivity index (χ1v) is 25.2. The lowest BCUT2D eigenvalue weighted by Gasteiger charge is -2.35. The van der Waals surface area contributed by atoms with Gasteiger partial charge in [0.25, 0.3) is 0 Å². The van der Waals surface area contributed by atoms with Crippen molar-refractivity contribution in [3.05, 3.63) is 71.6 Å². The highest BCUT2D eigenvalue weighted by molar-refractivity contribution is 7.89. The number of nitrogens with zero attached hydrogens (tertiary/aromatic N) is 4. The van der Waals surface area contributed by atoms with Gasteiger partial charge in [-0.2, -0.15) is 4.31 Å². The van der Waals surface area contributed by atoms with Crippen molar-refractivity contribution in [1.82, 2.24) is 35.1 Å². The number of hydrogen-bond acceptors (Lipinski definition) is 12. The zero-order chi connectivity index (χ0) is 48.0. The van der Waals surface area contributed by atoms with Crippen LogP contribution >= 0.6 is 11.3 Å². The number of carboxylic acid groups (broad SMARTS) is 1. The number of carbonyl (C=O) groups is 4. The van der Waals surface area contributed by atoms with Crippen molar-refractivity contribution in [2.75, 3.05) is 25.5 Å². The normalized spacial score (nSPS) is 22.6. The molecule has 0 radical (unpaired) electrons. The summed E-state index contributed by atoms with van der Waals surface area (Å²) in [6.07, 6.45) is 6.95. The summed E-state index contributed by atoms with van der Waals surface area (Å²) in [6, 6.07) is 9.42. The summed E-state index contributed by atoms with van der Waals surface area (Å²) in [7, 11) is -2.23. The molecule has 5 atom stereocenters. The number of hydrogen-bond donors (Lipinski definition) is 5. The number of carboxylic acids is 1. The molecule has 7 rings (SSSR count). The molecule has 0 bridgehead atoms. The van der Waals surface area contributed by atoms with E-state index in [9.17, 15) is 32.7 Å². The van der Waals surface area contributed by atoms with E-state index in [4.69, 9.17) is 19.4 Å². The number of anilines is 1. The average Bonchev–Trinajstić information content (AvgIpc) is 3.99. The van der Waals surface area contributed by atoms with Crippen LogP contribution in [-0.2, 0) is 31.0 Å². The largest absolute Gasteiger partial charge is 0.497 e. The number of aromatic nitrogens is 2. The number of ether oxygens (including phenoxy) is 2. The summed E-state index contributed by atoms with van der Waals surface area (Å²) in [5.74, 6) is -1.35. The quantitative estimate of drug-likeness (QED) is 0.0993. The molecule has 3 aliphatic heterocycles. The van der Waals surface area contributed by atoms with E-state index in [2.05, 4.69) is 21.3 Å². The smallest absolute Gasteiger partial charge is 0.326 e. The Morgan fingerprint density at radius 3 is 2.51 bits per heavy atom. The molecule has 5 N–H and O–H groups in total. The Balaban J connectivity index is 1.18. The molecule has 67 heavy (non-hydrogen) atoms. The van der Waals surface area contributed by atoms with Crippen LogP contribution < -0.4 is 30.7 Å². The predicted molar refractivity (Wildman–Crippen MR) is 256 cm³/mol. The van der Waals surface area contributed by atoms with Gasteiger partial charge in [0, 0.05) is 54.5 Å². The zero-order valence-electron chi connectivity index (χ0n) is 38.9. The summed E-state index contributed by atoms with van der Waals surface area (Å²) >= 11 is 1.45. The highest BCUT2D eigenvalue weighted by Crippen LogP contribution is 2.36. The number of amides is 4. The topological polar surface area (TPSA) is 221 Å². The third kappa shape index (κ3) is 11.9. The Bertz CT molecular complexity index is 2590. The van der Waals surface area contributed by atoms with Gasteiger partial charge in [-0.05, 0) is 75.1 Å². The van der Waals surface area contributed by atoms with Crippen LogP contribution in [0, 0.1) is 5.41 Å². The minimum atomic E-state index is -3.80. The third-order valence-corrected chi connectivity index (χ3v) is 15.0. The molecule has 360 valence electrons. The Kier molecular flexibility index (Phi) is 15.4. The van der Waals surface area contributed by atoms with E-state index in [1.807, 2.05) is 58.2 Å². The number of fused-ring (bicyclic) bond motifs is 3. The molecule has 4 aromatic rings. The lowest BCUT2D eigenvalue weighted by molar-refractivity contribution is -0.144. The fourth-order valence-corrected chi connectivity index (χ4v) is 11.1. The van der Waals surface area contributed by atoms with Crippen molar-refractivity contribution in [3.63, 3.8) is 0 Å². The van der Waals surface area contributed by atoms with Crippen LogP contribution in [0.15, 0.2) is 71.0 Å². The van der Waals surface area contributed by atoms with Gasteiger partial charge in [0.15, 0.2) is 5.13 Å². The molecule has 3 aliphatic rings. The van der Waals surface area contributed by atoms with Crippen LogP contribution in [-0.4, -0.2) is 113 Å². The summed E-state index contributed by atoms with van der Waals surface area (Å²) in [4.78, 5) is 67.1. The van der Waals surface area contributed by atoms with Gasteiger partial charge in [-0.25, -0.2) is 28.0 Å². The molecule has 0 unspecified atom stereocenters. The van der Waals surface area contributed by atoms with E-state index < -0.39 is 69.5 Å². The first kappa shape index (κ1) is 49.1. The van der Waals surface area contributed by atoms with E-state index in [0.717, 1.165) is 24.4 Å². The Labute approximate surface area is 396 Å². The molecule has 2 aromatic heterocycles. The number of benzene rings is 2. The SMILES string of the molecule is COc1ccc2c(O[C@@H]3C[C@H]4C(=O)N[C@H](C(=O)O)CC/C=C\CCCCC[C@H](NC(=O)N[C@H](CN5Cc6ccccc6S5(=O)=O)C(C)(C)C)C(=O)N4C3)cc(-c3csc(NC(C)C)n3)nc2c1. The molecular formula is C48H62N8O9S2. The standard InChI is InChI=1S/C48H62N8O9S2/c1-29(2)49-47-53-38(28-66-47)37-24-40(33-21-20-31(64-6)22-36(33)50-37)65-32-23-39-43(57)51-35(45(59)60)18-13-11-9-7-8-10-12-17-34(44(58)56(39)26-32)52-46(61)54-42(48(3,4)5)27-55-25-30-16-14-15-19-41(30)67(55,62)63/h9,11,14-16,19-22,24,28-29,32,34-35,39,42H,7-8,10,12-13,17-18,23,25-27H2,1-6H3,(H,49,53)(H,51,57)(H,59,60)(H2,52,54,61)/b11-9-/t32-,34+,35+,39+,42-/m1/s1. The number of nitrogens with one attached hydrogen (secondary N) is 4. The predicted octanol–water partition coefficient (Wildman–Crippen LogP) is 6.69. The van der Waals surface area contributed by atoms with Gasteiger partial charge >= 0.3 is 12.0 Å². The van der Waals surface area contributed by atoms with Crippen LogP contribution in [0.2, 0.25) is 0 Å². The van der Waals surface area contributed by atoms with Gasteiger partial charge < -0.3 is 40.7 Å². The Morgan fingerprint density at radius 1 is 1.00 bits per heavy atom. The minimum Gasteiger partial charge on any atom is -0.497 e. The highest BCUT2D eigenvalue weighted by atomic mass is 32.2. The molecule has 1 saturated heterocycles. The van der Waals surface area contributed by atoms with Crippen LogP contribution in [0.5, 0.6) is 11.5 Å². The van der Waals surface area contributed by atoms with Crippen molar-refractivity contribution >= 4 is 61.2 Å². The number of urea groups is 1. The van der Waals surface area contributed by atoms with E-state index in [1.165, 1.54) is 20.5 Å². The van der Waals surface area contributed by atoms with Crippen molar-refractivity contribution in [2.45, 2.75) is 134 Å². The van der Waals surface area contributed by atoms with Gasteiger partial charge in [0.1, 0.15) is 41.4 Å². The van der Waals surface area contributed by atoms with Crippen LogP contribution in [0.25, 0.3) is 22.3 Å². The summed E-state index contributed by atoms with van der Waals surface area (Å²) in [5.41, 5.74) is 1.81. The van der Waals surface area contributed by atoms with Crippen LogP contribution in [0.4, 0.5) is 9.93 Å². The molecular weight excluding hydrogens is 897 g/mol. The second-order valence-electron chi connectivity index (χ2n) is 18.8. The van der Waals surface area contributed by atoms with Gasteiger partial charge in [-0.15, -0.1) is 11.3 Å². The Hall–Kier alpha value is -5.79. The van der Waals surface area contributed by atoms with Crippen molar-refractivity contribution in [2.24, 2.45) is 5.41 Å². The van der Waals surface area contributed by atoms with Crippen LogP contribution in [0.3, 0.4) is 0 Å². The molecule has 2 aromatic carbocycles. The van der Waals surface area contributed by atoms with Gasteiger partial charge in [-0.3, -0.25) is 9.59 Å². The summed E-state index contributed by atoms with van der Waals surface area (Å²) in [6.45, 7) is 9.87. The first-order chi connectivity index (χ1) is 31.9. The number of sulfonamides is 1. The number of rotatable bonds is 11. The van der Waals surface area contributed by atoms with E-state index >= 15 is 0 Å². The van der Waals surface area contributed by atoms with E-state index in [1.54, 1.807) is 49.6 Å². The fourth-order valence-electron chi connectivity index (χ4n) is 8.62. The molecule has 5 heterocycles. The second kappa shape index (κ2) is 21.0. The molecule has 0 spiro atoms. The summed E-state index contributed by atoms with van der Waals surface area (Å²) < 4.78 is 40.8. The monoisotopic (exact) mass is 958 g/mol. The lowest BCUT2D eigenvalue weighted by atomic mass is 9.86. The molecule has 17 nitrogen and oxygen atoms in total. The fraction of sp³-hybridized carbons (Fsp3) is 0.500. The number of pyridine rings is 1. The Morgan fingerprint density at radius 2 is 1.78 bits per heavy atom. The molecule has 1 fully saturated rings. The number of thiazole rings is 1.